The van der Waals surface area contributed by atoms with E-state index in [2.05, 4.69) is 0 Å². The Morgan fingerprint density at radius 2 is 1.47 bits per heavy atom. The fraction of sp³-hybridized carbons (Fsp3) is 0.0909. The first-order chi connectivity index (χ1) is 7.84. The summed E-state index contributed by atoms with van der Waals surface area (Å²) in [7, 11) is -4.59. The van der Waals surface area contributed by atoms with E-state index < -0.39 is 20.8 Å². The summed E-state index contributed by atoms with van der Waals surface area (Å²) in [4.78, 5) is -0.659. The molecule has 0 saturated heterocycles. The predicted molar refractivity (Wildman–Crippen MR) is 61.8 cm³/mol. The first kappa shape index (κ1) is 11.7. The van der Waals surface area contributed by atoms with Gasteiger partial charge >= 0.3 is 0 Å². The van der Waals surface area contributed by atoms with Crippen molar-refractivity contribution < 1.29 is 23.2 Å². The molecule has 2 aromatic rings. The number of fused-ring (bicyclic) bond motifs is 1. The van der Waals surface area contributed by atoms with Crippen molar-refractivity contribution in [2.24, 2.45) is 0 Å². The molecule has 17 heavy (non-hydrogen) atoms. The van der Waals surface area contributed by atoms with Gasteiger partial charge in [0.2, 0.25) is 0 Å². The summed E-state index contributed by atoms with van der Waals surface area (Å²) in [6, 6.07) is 6.24. The third kappa shape index (κ3) is 1.71. The molecule has 0 aliphatic rings. The van der Waals surface area contributed by atoms with Gasteiger partial charge in [0.25, 0.3) is 10.1 Å². The second-order valence-corrected chi connectivity index (χ2v) is 5.03. The maximum atomic E-state index is 11.2. The zero-order valence-corrected chi connectivity index (χ0v) is 9.69. The summed E-state index contributed by atoms with van der Waals surface area (Å²) in [5, 5.41) is 20.2. The zero-order chi connectivity index (χ0) is 12.8. The van der Waals surface area contributed by atoms with Crippen LogP contribution in [-0.2, 0) is 10.1 Å². The molecule has 0 aromatic heterocycles. The van der Waals surface area contributed by atoms with Crippen LogP contribution in [0.25, 0.3) is 10.8 Å². The minimum atomic E-state index is -4.59. The Bertz CT molecular complexity index is 703. The second kappa shape index (κ2) is 3.61. The van der Waals surface area contributed by atoms with Crippen molar-refractivity contribution in [3.63, 3.8) is 0 Å². The number of benzene rings is 2. The quantitative estimate of drug-likeness (QED) is 0.533. The van der Waals surface area contributed by atoms with Gasteiger partial charge in [0, 0.05) is 16.3 Å². The molecule has 0 heterocycles. The van der Waals surface area contributed by atoms with E-state index in [1.165, 1.54) is 13.0 Å². The SMILES string of the molecule is Cc1c(S(=O)(=O)O)c(O)c2ccccc2c1O. The molecule has 2 aromatic carbocycles. The minimum absolute atomic E-state index is 0.0799. The Balaban J connectivity index is 3.08. The lowest BCUT2D eigenvalue weighted by Gasteiger charge is -2.11. The van der Waals surface area contributed by atoms with Crippen LogP contribution in [0.15, 0.2) is 29.2 Å². The Hall–Kier alpha value is -1.79. The summed E-state index contributed by atoms with van der Waals surface area (Å²) in [6.07, 6.45) is 0. The predicted octanol–water partition coefficient (Wildman–Crippen LogP) is 1.81. The first-order valence-corrected chi connectivity index (χ1v) is 6.18. The summed E-state index contributed by atoms with van der Waals surface area (Å²) in [6.45, 7) is 1.31. The second-order valence-electron chi connectivity index (χ2n) is 3.67. The first-order valence-electron chi connectivity index (χ1n) is 4.74. The van der Waals surface area contributed by atoms with E-state index in [0.29, 0.717) is 5.39 Å². The number of hydrogen-bond acceptors (Lipinski definition) is 4. The topological polar surface area (TPSA) is 94.8 Å². The zero-order valence-electron chi connectivity index (χ0n) is 8.88. The molecule has 0 fully saturated rings. The highest BCUT2D eigenvalue weighted by molar-refractivity contribution is 7.86. The lowest BCUT2D eigenvalue weighted by molar-refractivity contribution is 0.437. The van der Waals surface area contributed by atoms with E-state index >= 15 is 0 Å². The number of phenolic OH excluding ortho intramolecular Hbond substituents is 2. The molecule has 0 unspecified atom stereocenters. The molecule has 0 aliphatic heterocycles. The van der Waals surface area contributed by atoms with E-state index in [1.807, 2.05) is 0 Å². The van der Waals surface area contributed by atoms with Crippen LogP contribution in [0.1, 0.15) is 5.56 Å². The molecule has 2 rings (SSSR count). The summed E-state index contributed by atoms with van der Waals surface area (Å²) < 4.78 is 31.3. The van der Waals surface area contributed by atoms with Crippen molar-refractivity contribution in [3.8, 4) is 11.5 Å². The van der Waals surface area contributed by atoms with Gasteiger partial charge in [-0.25, -0.2) is 0 Å². The van der Waals surface area contributed by atoms with Gasteiger partial charge in [-0.15, -0.1) is 0 Å². The van der Waals surface area contributed by atoms with Crippen molar-refractivity contribution in [2.75, 3.05) is 0 Å². The van der Waals surface area contributed by atoms with E-state index in [9.17, 15) is 18.6 Å². The molecule has 6 heteroatoms. The molecule has 0 amide bonds. The Morgan fingerprint density at radius 1 is 1.00 bits per heavy atom. The normalized spacial score (nSPS) is 11.9. The number of hydrogen-bond donors (Lipinski definition) is 3. The smallest absolute Gasteiger partial charge is 0.298 e. The van der Waals surface area contributed by atoms with Crippen molar-refractivity contribution in [2.45, 2.75) is 11.8 Å². The maximum Gasteiger partial charge on any atom is 0.298 e. The Labute approximate surface area is 97.7 Å². The van der Waals surface area contributed by atoms with Gasteiger partial charge in [0.1, 0.15) is 16.4 Å². The van der Waals surface area contributed by atoms with Crippen molar-refractivity contribution in [1.29, 1.82) is 0 Å². The van der Waals surface area contributed by atoms with Gasteiger partial charge < -0.3 is 10.2 Å². The largest absolute Gasteiger partial charge is 0.507 e. The standard InChI is InChI=1S/C11H10O5S/c1-6-9(12)7-4-2-3-5-8(7)10(13)11(6)17(14,15)16/h2-5,12-13H,1H3,(H,14,15,16). The summed E-state index contributed by atoms with van der Waals surface area (Å²) in [5.41, 5.74) is -0.0799. The molecular formula is C11H10O5S. The van der Waals surface area contributed by atoms with Crippen LogP contribution in [0.5, 0.6) is 11.5 Å². The van der Waals surface area contributed by atoms with Crippen LogP contribution in [0.3, 0.4) is 0 Å². The third-order valence-corrected chi connectivity index (χ3v) is 3.62. The van der Waals surface area contributed by atoms with E-state index in [0.717, 1.165) is 0 Å². The number of rotatable bonds is 1. The fourth-order valence-corrected chi connectivity index (χ4v) is 2.66. The van der Waals surface area contributed by atoms with Crippen LogP contribution in [0, 0.1) is 6.92 Å². The molecule has 0 saturated carbocycles. The average Bonchev–Trinajstić information content (AvgIpc) is 2.24. The summed E-state index contributed by atoms with van der Waals surface area (Å²) >= 11 is 0. The molecule has 5 nitrogen and oxygen atoms in total. The average molecular weight is 254 g/mol. The minimum Gasteiger partial charge on any atom is -0.507 e. The Morgan fingerprint density at radius 3 is 1.94 bits per heavy atom. The van der Waals surface area contributed by atoms with Crippen molar-refractivity contribution in [3.05, 3.63) is 29.8 Å². The van der Waals surface area contributed by atoms with Gasteiger partial charge in [-0.2, -0.15) is 8.42 Å². The molecule has 0 spiro atoms. The molecule has 90 valence electrons. The monoisotopic (exact) mass is 254 g/mol. The van der Waals surface area contributed by atoms with Gasteiger partial charge in [0.05, 0.1) is 0 Å². The molecule has 0 radical (unpaired) electrons. The maximum absolute atomic E-state index is 11.2. The molecular weight excluding hydrogens is 244 g/mol. The van der Waals surface area contributed by atoms with E-state index in [4.69, 9.17) is 4.55 Å². The molecule has 0 bridgehead atoms. The van der Waals surface area contributed by atoms with E-state index in [-0.39, 0.29) is 16.7 Å². The van der Waals surface area contributed by atoms with Gasteiger partial charge in [0.15, 0.2) is 0 Å². The molecule has 0 atom stereocenters. The van der Waals surface area contributed by atoms with Crippen LogP contribution < -0.4 is 0 Å². The van der Waals surface area contributed by atoms with Gasteiger partial charge in [-0.1, -0.05) is 24.3 Å². The lowest BCUT2D eigenvalue weighted by Crippen LogP contribution is -2.02. The lowest BCUT2D eigenvalue weighted by atomic mass is 10.0. The third-order valence-electron chi connectivity index (χ3n) is 2.61. The van der Waals surface area contributed by atoms with Crippen molar-refractivity contribution in [1.82, 2.24) is 0 Å². The van der Waals surface area contributed by atoms with Crippen LogP contribution >= 0.6 is 0 Å². The highest BCUT2D eigenvalue weighted by Gasteiger charge is 2.24. The number of phenols is 2. The Kier molecular flexibility index (Phi) is 2.48. The fourth-order valence-electron chi connectivity index (χ4n) is 1.82. The molecule has 3 N–H and O–H groups in total. The van der Waals surface area contributed by atoms with Crippen LogP contribution in [0.2, 0.25) is 0 Å². The summed E-state index contributed by atoms with van der Waals surface area (Å²) in [5.74, 6) is -0.829. The van der Waals surface area contributed by atoms with Gasteiger partial charge in [-0.05, 0) is 6.92 Å². The van der Waals surface area contributed by atoms with Crippen LogP contribution in [0.4, 0.5) is 0 Å². The highest BCUT2D eigenvalue weighted by Crippen LogP contribution is 2.41. The van der Waals surface area contributed by atoms with Crippen molar-refractivity contribution >= 4 is 20.9 Å². The van der Waals surface area contributed by atoms with Gasteiger partial charge in [-0.3, -0.25) is 4.55 Å². The highest BCUT2D eigenvalue weighted by atomic mass is 32.2. The van der Waals surface area contributed by atoms with Crippen LogP contribution in [-0.4, -0.2) is 23.2 Å². The van der Waals surface area contributed by atoms with E-state index in [1.54, 1.807) is 18.2 Å². The molecule has 0 aliphatic carbocycles. The number of aromatic hydroxyl groups is 2.